The van der Waals surface area contributed by atoms with E-state index in [1.165, 1.54) is 14.2 Å². The van der Waals surface area contributed by atoms with Crippen molar-refractivity contribution in [3.63, 3.8) is 0 Å². The highest BCUT2D eigenvalue weighted by Crippen LogP contribution is 2.36. The Morgan fingerprint density at radius 3 is 2.40 bits per heavy atom. The minimum Gasteiger partial charge on any atom is -0.497 e. The molecular weight excluding hydrogens is 266 g/mol. The molecule has 1 aliphatic rings. The van der Waals surface area contributed by atoms with Crippen LogP contribution in [0.2, 0.25) is 0 Å². The number of hydrogen-bond acceptors (Lipinski definition) is 4. The second kappa shape index (κ2) is 6.85. The van der Waals surface area contributed by atoms with E-state index >= 15 is 0 Å². The van der Waals surface area contributed by atoms with Gasteiger partial charge in [0, 0.05) is 31.7 Å². The van der Waals surface area contributed by atoms with Crippen LogP contribution in [0.3, 0.4) is 0 Å². The molecule has 1 N–H and O–H groups in total. The lowest BCUT2D eigenvalue weighted by Gasteiger charge is -2.35. The summed E-state index contributed by atoms with van der Waals surface area (Å²) in [6.07, 6.45) is -2.48. The van der Waals surface area contributed by atoms with Gasteiger partial charge in [-0.3, -0.25) is 4.90 Å². The van der Waals surface area contributed by atoms with Crippen molar-refractivity contribution in [3.8, 4) is 11.5 Å². The van der Waals surface area contributed by atoms with Crippen LogP contribution in [-0.2, 0) is 0 Å². The Morgan fingerprint density at radius 2 is 1.85 bits per heavy atom. The first-order valence-corrected chi connectivity index (χ1v) is 6.62. The van der Waals surface area contributed by atoms with Crippen LogP contribution < -0.4 is 14.8 Å². The molecule has 20 heavy (non-hydrogen) atoms. The first kappa shape index (κ1) is 15.0. The highest BCUT2D eigenvalue weighted by atomic mass is 19.3. The molecule has 0 aliphatic carbocycles. The molecule has 1 aromatic carbocycles. The summed E-state index contributed by atoms with van der Waals surface area (Å²) in [6.45, 7) is 2.62. The van der Waals surface area contributed by atoms with Gasteiger partial charge in [-0.15, -0.1) is 0 Å². The van der Waals surface area contributed by atoms with Crippen LogP contribution >= 0.6 is 0 Å². The van der Waals surface area contributed by atoms with Gasteiger partial charge >= 0.3 is 0 Å². The second-order valence-electron chi connectivity index (χ2n) is 4.67. The van der Waals surface area contributed by atoms with Gasteiger partial charge in [-0.25, -0.2) is 8.78 Å². The van der Waals surface area contributed by atoms with Gasteiger partial charge in [-0.05, 0) is 18.2 Å². The lowest BCUT2D eigenvalue weighted by atomic mass is 10.0. The molecule has 4 nitrogen and oxygen atoms in total. The van der Waals surface area contributed by atoms with Gasteiger partial charge in [-0.1, -0.05) is 0 Å². The number of halogens is 2. The van der Waals surface area contributed by atoms with Crippen molar-refractivity contribution in [1.29, 1.82) is 0 Å². The monoisotopic (exact) mass is 286 g/mol. The zero-order valence-electron chi connectivity index (χ0n) is 11.7. The van der Waals surface area contributed by atoms with E-state index in [1.807, 2.05) is 0 Å². The number of nitrogens with zero attached hydrogens (tertiary/aromatic N) is 1. The Bertz CT molecular complexity index is 437. The molecule has 1 heterocycles. The van der Waals surface area contributed by atoms with Gasteiger partial charge < -0.3 is 14.8 Å². The molecule has 0 bridgehead atoms. The minimum atomic E-state index is -2.48. The molecule has 0 spiro atoms. The Labute approximate surface area is 117 Å². The summed E-state index contributed by atoms with van der Waals surface area (Å²) < 4.78 is 37.5. The lowest BCUT2D eigenvalue weighted by molar-refractivity contribution is 0.0169. The molecule has 0 unspecified atom stereocenters. The van der Waals surface area contributed by atoms with Gasteiger partial charge in [0.25, 0.3) is 6.43 Å². The Kier molecular flexibility index (Phi) is 5.14. The van der Waals surface area contributed by atoms with Crippen molar-refractivity contribution in [3.05, 3.63) is 23.8 Å². The molecule has 1 fully saturated rings. The first-order valence-electron chi connectivity index (χ1n) is 6.62. The van der Waals surface area contributed by atoms with Gasteiger partial charge in [-0.2, -0.15) is 0 Å². The van der Waals surface area contributed by atoms with Crippen LogP contribution in [0.25, 0.3) is 0 Å². The van der Waals surface area contributed by atoms with Gasteiger partial charge in [0.05, 0.1) is 14.2 Å². The smallest absolute Gasteiger partial charge is 0.258 e. The average molecular weight is 286 g/mol. The average Bonchev–Trinajstić information content (AvgIpc) is 2.48. The molecule has 1 saturated heterocycles. The number of hydrogen-bond donors (Lipinski definition) is 1. The highest BCUT2D eigenvalue weighted by molar-refractivity contribution is 5.42. The molecular formula is C14H20F2N2O2. The van der Waals surface area contributed by atoms with Crippen molar-refractivity contribution in [2.45, 2.75) is 12.5 Å². The molecule has 0 radical (unpaired) electrons. The molecule has 0 aromatic heterocycles. The first-order chi connectivity index (χ1) is 9.67. The number of methoxy groups -OCH3 is 2. The maximum atomic E-state index is 13.6. The van der Waals surface area contributed by atoms with Gasteiger partial charge in [0.15, 0.2) is 0 Å². The van der Waals surface area contributed by atoms with E-state index < -0.39 is 12.5 Å². The number of benzene rings is 1. The van der Waals surface area contributed by atoms with Gasteiger partial charge in [0.2, 0.25) is 0 Å². The zero-order valence-corrected chi connectivity index (χ0v) is 11.7. The van der Waals surface area contributed by atoms with Gasteiger partial charge in [0.1, 0.15) is 17.5 Å². The van der Waals surface area contributed by atoms with Crippen LogP contribution in [0.1, 0.15) is 11.6 Å². The van der Waals surface area contributed by atoms with Crippen molar-refractivity contribution in [2.75, 3.05) is 40.4 Å². The number of piperazine rings is 1. The van der Waals surface area contributed by atoms with Crippen molar-refractivity contribution >= 4 is 0 Å². The van der Waals surface area contributed by atoms with Crippen LogP contribution in [0.15, 0.2) is 18.2 Å². The fourth-order valence-corrected chi connectivity index (χ4v) is 2.52. The van der Waals surface area contributed by atoms with E-state index in [4.69, 9.17) is 9.47 Å². The summed E-state index contributed by atoms with van der Waals surface area (Å²) in [5.41, 5.74) is 0.476. The topological polar surface area (TPSA) is 33.7 Å². The Morgan fingerprint density at radius 1 is 1.15 bits per heavy atom. The summed E-state index contributed by atoms with van der Waals surface area (Å²) in [5, 5.41) is 3.17. The summed E-state index contributed by atoms with van der Waals surface area (Å²) in [5.74, 6) is 1.02. The standard InChI is InChI=1S/C14H20F2N2O2/c1-19-10-3-4-12(20-2)11(9-10)13(14(15)16)18-7-5-17-6-8-18/h3-4,9,13-14,17H,5-8H2,1-2H3/t13-/m1/s1. The normalized spacial score (nSPS) is 18.1. The second-order valence-corrected chi connectivity index (χ2v) is 4.67. The van der Waals surface area contributed by atoms with Crippen LogP contribution in [-0.4, -0.2) is 51.7 Å². The lowest BCUT2D eigenvalue weighted by Crippen LogP contribution is -2.47. The maximum Gasteiger partial charge on any atom is 0.258 e. The molecule has 6 heteroatoms. The van der Waals surface area contributed by atoms with E-state index in [0.717, 1.165) is 13.1 Å². The third-order valence-corrected chi connectivity index (χ3v) is 3.54. The number of alkyl halides is 2. The summed E-state index contributed by atoms with van der Waals surface area (Å²) >= 11 is 0. The SMILES string of the molecule is COc1ccc(OC)c([C@H](C(F)F)N2CCNCC2)c1. The van der Waals surface area contributed by atoms with Crippen LogP contribution in [0, 0.1) is 0 Å². The van der Waals surface area contributed by atoms with E-state index in [9.17, 15) is 8.78 Å². The molecule has 1 aliphatic heterocycles. The molecule has 0 saturated carbocycles. The predicted molar refractivity (Wildman–Crippen MR) is 72.7 cm³/mol. The largest absolute Gasteiger partial charge is 0.497 e. The molecule has 2 rings (SSSR count). The summed E-state index contributed by atoms with van der Waals surface area (Å²) in [6, 6.07) is 4.05. The molecule has 1 aromatic rings. The quantitative estimate of drug-likeness (QED) is 0.896. The van der Waals surface area contributed by atoms with Crippen LogP contribution in [0.4, 0.5) is 8.78 Å². The molecule has 112 valence electrons. The van der Waals surface area contributed by atoms with Crippen molar-refractivity contribution < 1.29 is 18.3 Å². The molecule has 0 amide bonds. The maximum absolute atomic E-state index is 13.6. The fourth-order valence-electron chi connectivity index (χ4n) is 2.52. The minimum absolute atomic E-state index is 0.467. The number of nitrogens with one attached hydrogen (secondary N) is 1. The zero-order chi connectivity index (χ0) is 14.5. The predicted octanol–water partition coefficient (Wildman–Crippen LogP) is 1.92. The number of rotatable bonds is 5. The van der Waals surface area contributed by atoms with Crippen molar-refractivity contribution in [2.24, 2.45) is 0 Å². The third-order valence-electron chi connectivity index (χ3n) is 3.54. The Balaban J connectivity index is 2.36. The summed E-state index contributed by atoms with van der Waals surface area (Å²) in [7, 11) is 3.01. The fraction of sp³-hybridized carbons (Fsp3) is 0.571. The number of ether oxygens (including phenoxy) is 2. The van der Waals surface area contributed by atoms with E-state index in [0.29, 0.717) is 30.2 Å². The van der Waals surface area contributed by atoms with E-state index in [2.05, 4.69) is 5.32 Å². The van der Waals surface area contributed by atoms with E-state index in [-0.39, 0.29) is 0 Å². The summed E-state index contributed by atoms with van der Waals surface area (Å²) in [4.78, 5) is 1.79. The molecule has 1 atom stereocenters. The third kappa shape index (κ3) is 3.19. The van der Waals surface area contributed by atoms with Crippen molar-refractivity contribution in [1.82, 2.24) is 10.2 Å². The van der Waals surface area contributed by atoms with E-state index in [1.54, 1.807) is 23.1 Å². The Hall–Kier alpha value is -1.40. The highest BCUT2D eigenvalue weighted by Gasteiger charge is 2.32. The van der Waals surface area contributed by atoms with Crippen LogP contribution in [0.5, 0.6) is 11.5 Å².